The molecule has 1 unspecified atom stereocenters. The third-order valence-corrected chi connectivity index (χ3v) is 3.24. The first-order chi connectivity index (χ1) is 8.79. The maximum atomic E-state index is 12.3. The number of hydrogen-bond donors (Lipinski definition) is 2. The topological polar surface area (TPSA) is 68.0 Å². The molecule has 0 radical (unpaired) electrons. The fourth-order valence-electron chi connectivity index (χ4n) is 1.31. The largest absolute Gasteiger partial charge is 0.434 e. The zero-order chi connectivity index (χ0) is 14.5. The second kappa shape index (κ2) is 8.43. The van der Waals surface area contributed by atoms with E-state index in [1.54, 1.807) is 0 Å². The number of halogens is 4. The number of aromatic nitrogens is 1. The Morgan fingerprint density at radius 3 is 2.70 bits per heavy atom. The average molecular weight is 332 g/mol. The van der Waals surface area contributed by atoms with Crippen molar-refractivity contribution in [2.45, 2.75) is 38.4 Å². The molecule has 0 fully saturated rings. The van der Waals surface area contributed by atoms with Gasteiger partial charge in [-0.1, -0.05) is 0 Å². The normalized spacial score (nSPS) is 12.7. The van der Waals surface area contributed by atoms with E-state index in [-0.39, 0.29) is 30.9 Å². The van der Waals surface area contributed by atoms with Crippen molar-refractivity contribution in [3.63, 3.8) is 0 Å². The van der Waals surface area contributed by atoms with Crippen molar-refractivity contribution in [3.05, 3.63) is 16.1 Å². The standard InChI is InChI=1S/C11H16F3N3OS.ClH/c1-7(15)2-3-9(18)16-5-4-10-17-8(6-19-10)11(12,13)14;/h6-7H,2-5,15H2,1H3,(H,16,18);1H. The Kier molecular flexibility index (Phi) is 8.07. The van der Waals surface area contributed by atoms with Crippen molar-refractivity contribution < 1.29 is 18.0 Å². The molecular formula is C11H17ClF3N3OS. The van der Waals surface area contributed by atoms with Crippen LogP contribution in [-0.2, 0) is 17.4 Å². The van der Waals surface area contributed by atoms with Crippen molar-refractivity contribution >= 4 is 29.7 Å². The van der Waals surface area contributed by atoms with E-state index >= 15 is 0 Å². The number of carbonyl (C=O) groups excluding carboxylic acids is 1. The van der Waals surface area contributed by atoms with Crippen LogP contribution in [0.25, 0.3) is 0 Å². The zero-order valence-electron chi connectivity index (χ0n) is 10.9. The van der Waals surface area contributed by atoms with Gasteiger partial charge >= 0.3 is 6.18 Å². The van der Waals surface area contributed by atoms with Crippen molar-refractivity contribution in [1.82, 2.24) is 10.3 Å². The maximum absolute atomic E-state index is 12.3. The van der Waals surface area contributed by atoms with Gasteiger partial charge < -0.3 is 11.1 Å². The third-order valence-electron chi connectivity index (χ3n) is 2.33. The van der Waals surface area contributed by atoms with Crippen LogP contribution in [0.15, 0.2) is 5.38 Å². The van der Waals surface area contributed by atoms with E-state index < -0.39 is 11.9 Å². The van der Waals surface area contributed by atoms with Crippen LogP contribution >= 0.6 is 23.7 Å². The lowest BCUT2D eigenvalue weighted by Gasteiger charge is -2.05. The summed E-state index contributed by atoms with van der Waals surface area (Å²) in [5.41, 5.74) is 4.63. The smallest absolute Gasteiger partial charge is 0.356 e. The maximum Gasteiger partial charge on any atom is 0.434 e. The molecule has 1 aromatic heterocycles. The summed E-state index contributed by atoms with van der Waals surface area (Å²) in [5.74, 6) is -0.148. The molecule has 0 spiro atoms. The highest BCUT2D eigenvalue weighted by Crippen LogP contribution is 2.29. The van der Waals surface area contributed by atoms with Crippen LogP contribution in [-0.4, -0.2) is 23.5 Å². The number of amides is 1. The quantitative estimate of drug-likeness (QED) is 0.841. The van der Waals surface area contributed by atoms with Gasteiger partial charge in [-0.15, -0.1) is 23.7 Å². The van der Waals surface area contributed by atoms with Gasteiger partial charge in [0.25, 0.3) is 0 Å². The third kappa shape index (κ3) is 7.06. The van der Waals surface area contributed by atoms with Crippen LogP contribution in [0.3, 0.4) is 0 Å². The first kappa shape index (κ1) is 19.1. The first-order valence-corrected chi connectivity index (χ1v) is 6.71. The van der Waals surface area contributed by atoms with Gasteiger partial charge in [-0.2, -0.15) is 13.2 Å². The minimum Gasteiger partial charge on any atom is -0.356 e. The monoisotopic (exact) mass is 331 g/mol. The van der Waals surface area contributed by atoms with Gasteiger partial charge in [-0.25, -0.2) is 4.98 Å². The summed E-state index contributed by atoms with van der Waals surface area (Å²) >= 11 is 0.944. The van der Waals surface area contributed by atoms with E-state index in [9.17, 15) is 18.0 Å². The molecule has 1 rings (SSSR count). The Hall–Kier alpha value is -0.860. The van der Waals surface area contributed by atoms with Crippen LogP contribution in [0, 0.1) is 0 Å². The number of nitrogens with one attached hydrogen (secondary N) is 1. The molecule has 0 saturated carbocycles. The summed E-state index contributed by atoms with van der Waals surface area (Å²) in [4.78, 5) is 14.8. The molecule has 1 aromatic rings. The molecule has 0 saturated heterocycles. The minimum atomic E-state index is -4.41. The molecule has 0 aliphatic carbocycles. The summed E-state index contributed by atoms with van der Waals surface area (Å²) in [7, 11) is 0. The van der Waals surface area contributed by atoms with Crippen molar-refractivity contribution in [2.75, 3.05) is 6.54 Å². The number of nitrogens with zero attached hydrogens (tertiary/aromatic N) is 1. The molecule has 0 bridgehead atoms. The Morgan fingerprint density at radius 2 is 2.20 bits per heavy atom. The summed E-state index contributed by atoms with van der Waals surface area (Å²) in [5, 5.41) is 3.97. The average Bonchev–Trinajstić information content (AvgIpc) is 2.74. The van der Waals surface area contributed by atoms with Gasteiger partial charge in [0.2, 0.25) is 5.91 Å². The van der Waals surface area contributed by atoms with Crippen LogP contribution in [0.4, 0.5) is 13.2 Å². The van der Waals surface area contributed by atoms with Crippen LogP contribution in [0.1, 0.15) is 30.5 Å². The number of nitrogens with two attached hydrogens (primary N) is 1. The van der Waals surface area contributed by atoms with E-state index in [1.165, 1.54) is 0 Å². The molecule has 0 aliphatic rings. The van der Waals surface area contributed by atoms with Gasteiger partial charge in [-0.3, -0.25) is 4.79 Å². The summed E-state index contributed by atoms with van der Waals surface area (Å²) in [6, 6.07) is -0.0425. The van der Waals surface area contributed by atoms with Gasteiger partial charge in [0.15, 0.2) is 5.69 Å². The van der Waals surface area contributed by atoms with E-state index in [1.807, 2.05) is 6.92 Å². The fraction of sp³-hybridized carbons (Fsp3) is 0.636. The molecule has 1 atom stereocenters. The SMILES string of the molecule is CC(N)CCC(=O)NCCc1nc(C(F)(F)F)cs1.Cl. The van der Waals surface area contributed by atoms with E-state index in [0.717, 1.165) is 16.7 Å². The lowest BCUT2D eigenvalue weighted by molar-refractivity contribution is -0.140. The van der Waals surface area contributed by atoms with Gasteiger partial charge in [0.05, 0.1) is 5.01 Å². The molecule has 116 valence electrons. The number of thiazole rings is 1. The molecule has 9 heteroatoms. The van der Waals surface area contributed by atoms with Crippen molar-refractivity contribution in [2.24, 2.45) is 5.73 Å². The molecule has 1 amide bonds. The van der Waals surface area contributed by atoms with Crippen LogP contribution < -0.4 is 11.1 Å². The molecule has 0 aliphatic heterocycles. The minimum absolute atomic E-state index is 0. The predicted octanol–water partition coefficient (Wildman–Crippen LogP) is 2.37. The number of carbonyl (C=O) groups is 1. The van der Waals surface area contributed by atoms with E-state index in [4.69, 9.17) is 5.73 Å². The van der Waals surface area contributed by atoms with Crippen molar-refractivity contribution in [1.29, 1.82) is 0 Å². The molecule has 20 heavy (non-hydrogen) atoms. The first-order valence-electron chi connectivity index (χ1n) is 5.83. The Labute approximate surface area is 125 Å². The Balaban J connectivity index is 0.00000361. The molecule has 0 aromatic carbocycles. The van der Waals surface area contributed by atoms with E-state index in [0.29, 0.717) is 24.3 Å². The highest BCUT2D eigenvalue weighted by Gasteiger charge is 2.33. The highest BCUT2D eigenvalue weighted by atomic mass is 35.5. The molecule has 1 heterocycles. The van der Waals surface area contributed by atoms with Crippen molar-refractivity contribution in [3.8, 4) is 0 Å². The second-order valence-electron chi connectivity index (χ2n) is 4.24. The summed E-state index contributed by atoms with van der Waals surface area (Å²) < 4.78 is 36.9. The highest BCUT2D eigenvalue weighted by molar-refractivity contribution is 7.09. The lowest BCUT2D eigenvalue weighted by atomic mass is 10.2. The molecule has 3 N–H and O–H groups in total. The Bertz CT molecular complexity index is 423. The van der Waals surface area contributed by atoms with Gasteiger partial charge in [0, 0.05) is 30.8 Å². The number of hydrogen-bond acceptors (Lipinski definition) is 4. The Morgan fingerprint density at radius 1 is 1.55 bits per heavy atom. The van der Waals surface area contributed by atoms with Crippen LogP contribution in [0.2, 0.25) is 0 Å². The summed E-state index contributed by atoms with van der Waals surface area (Å²) in [6.07, 6.45) is -3.20. The number of rotatable bonds is 6. The van der Waals surface area contributed by atoms with Gasteiger partial charge in [-0.05, 0) is 13.3 Å². The number of alkyl halides is 3. The molecule has 4 nitrogen and oxygen atoms in total. The second-order valence-corrected chi connectivity index (χ2v) is 5.18. The van der Waals surface area contributed by atoms with Crippen LogP contribution in [0.5, 0.6) is 0 Å². The van der Waals surface area contributed by atoms with Gasteiger partial charge in [0.1, 0.15) is 0 Å². The predicted molar refractivity (Wildman–Crippen MR) is 74.0 cm³/mol. The lowest BCUT2D eigenvalue weighted by Crippen LogP contribution is -2.27. The summed E-state index contributed by atoms with van der Waals surface area (Å²) in [6.45, 7) is 2.09. The zero-order valence-corrected chi connectivity index (χ0v) is 12.5. The van der Waals surface area contributed by atoms with E-state index in [2.05, 4.69) is 10.3 Å². The molecular weight excluding hydrogens is 315 g/mol. The fourth-order valence-corrected chi connectivity index (χ4v) is 2.12.